The summed E-state index contributed by atoms with van der Waals surface area (Å²) in [6.07, 6.45) is 5.21. The number of hydrogen-bond acceptors (Lipinski definition) is 4. The lowest BCUT2D eigenvalue weighted by atomic mass is 9.83. The third-order valence-corrected chi connectivity index (χ3v) is 9.68. The molecule has 3 atom stereocenters. The summed E-state index contributed by atoms with van der Waals surface area (Å²) in [5, 5.41) is 3.19. The van der Waals surface area contributed by atoms with Gasteiger partial charge in [0.1, 0.15) is 0 Å². The number of carbonyl (C=O) groups excluding carboxylic acids is 2. The Labute approximate surface area is 254 Å². The van der Waals surface area contributed by atoms with Crippen molar-refractivity contribution in [2.45, 2.75) is 83.7 Å². The molecule has 4 heterocycles. The number of hydrogen-bond donors (Lipinski definition) is 1. The van der Waals surface area contributed by atoms with Crippen LogP contribution in [-0.4, -0.2) is 47.0 Å². The molecule has 3 aromatic rings. The summed E-state index contributed by atoms with van der Waals surface area (Å²) < 4.78 is 1.94. The Bertz CT molecular complexity index is 1570. The van der Waals surface area contributed by atoms with E-state index in [1.165, 1.54) is 5.56 Å². The van der Waals surface area contributed by atoms with Gasteiger partial charge in [-0.3, -0.25) is 14.4 Å². The molecule has 1 aromatic heterocycles. The molecule has 226 valence electrons. The van der Waals surface area contributed by atoms with Gasteiger partial charge in [0.25, 0.3) is 17.4 Å². The van der Waals surface area contributed by atoms with Crippen LogP contribution in [0.4, 0.5) is 11.4 Å². The van der Waals surface area contributed by atoms with Crippen molar-refractivity contribution in [1.82, 2.24) is 9.47 Å². The fourth-order valence-electron chi connectivity index (χ4n) is 7.31. The van der Waals surface area contributed by atoms with Crippen LogP contribution in [-0.2, 0) is 12.0 Å². The fourth-order valence-corrected chi connectivity index (χ4v) is 7.31. The summed E-state index contributed by atoms with van der Waals surface area (Å²) in [5.41, 5.74) is 5.09. The van der Waals surface area contributed by atoms with E-state index in [0.29, 0.717) is 29.3 Å². The molecule has 2 aromatic carbocycles. The lowest BCUT2D eigenvalue weighted by Crippen LogP contribution is -2.47. The Hall–Kier alpha value is -3.87. The van der Waals surface area contributed by atoms with Crippen molar-refractivity contribution < 1.29 is 9.59 Å². The van der Waals surface area contributed by atoms with Crippen molar-refractivity contribution in [3.63, 3.8) is 0 Å². The van der Waals surface area contributed by atoms with E-state index >= 15 is 0 Å². The molecule has 43 heavy (non-hydrogen) atoms. The Morgan fingerprint density at radius 1 is 0.930 bits per heavy atom. The molecule has 0 radical (unpaired) electrons. The first-order valence-corrected chi connectivity index (χ1v) is 15.9. The Morgan fingerprint density at radius 3 is 2.44 bits per heavy atom. The number of nitrogens with zero attached hydrogens (tertiary/aromatic N) is 3. The van der Waals surface area contributed by atoms with Gasteiger partial charge in [0.05, 0.1) is 11.4 Å². The number of pyridine rings is 1. The lowest BCUT2D eigenvalue weighted by molar-refractivity contribution is 0.0608. The van der Waals surface area contributed by atoms with Crippen molar-refractivity contribution in [1.29, 1.82) is 0 Å². The molecule has 3 aliphatic heterocycles. The molecule has 2 amide bonds. The maximum Gasteiger partial charge on any atom is 0.255 e. The van der Waals surface area contributed by atoms with Crippen molar-refractivity contribution in [2.75, 3.05) is 29.9 Å². The van der Waals surface area contributed by atoms with Crippen LogP contribution in [0.15, 0.2) is 65.5 Å². The molecule has 2 fully saturated rings. The first kappa shape index (κ1) is 29.2. The number of piperidine rings is 2. The van der Waals surface area contributed by atoms with Crippen LogP contribution in [0.25, 0.3) is 0 Å². The van der Waals surface area contributed by atoms with Gasteiger partial charge >= 0.3 is 0 Å². The summed E-state index contributed by atoms with van der Waals surface area (Å²) in [6, 6.07) is 19.4. The molecule has 3 aliphatic rings. The van der Waals surface area contributed by atoms with E-state index in [2.05, 4.69) is 44.0 Å². The van der Waals surface area contributed by atoms with Gasteiger partial charge in [-0.25, -0.2) is 0 Å². The molecule has 2 saturated heterocycles. The average Bonchev–Trinajstić information content (AvgIpc) is 3.00. The van der Waals surface area contributed by atoms with Crippen molar-refractivity contribution >= 4 is 23.2 Å². The fraction of sp³-hybridized carbons (Fsp3) is 0.472. The van der Waals surface area contributed by atoms with E-state index in [1.54, 1.807) is 6.07 Å². The summed E-state index contributed by atoms with van der Waals surface area (Å²) >= 11 is 0. The van der Waals surface area contributed by atoms with E-state index in [0.717, 1.165) is 63.1 Å². The van der Waals surface area contributed by atoms with Gasteiger partial charge in [-0.2, -0.15) is 0 Å². The quantitative estimate of drug-likeness (QED) is 0.378. The number of benzene rings is 2. The van der Waals surface area contributed by atoms with Gasteiger partial charge < -0.3 is 19.7 Å². The SMILES string of the molecule is CC[C@@H]1CCCCN1C(=O)c1ccc(N2C[C@H]3C[C@@H](C2)c2cccc(=O)n2C3)c(NC(=O)c2ccc(C(C)(C)C)cc2)c1. The number of amides is 2. The predicted octanol–water partition coefficient (Wildman–Crippen LogP) is 6.43. The molecule has 0 aliphatic carbocycles. The van der Waals surface area contributed by atoms with Crippen LogP contribution in [0.5, 0.6) is 0 Å². The number of fused-ring (bicyclic) bond motifs is 4. The molecule has 0 saturated carbocycles. The number of rotatable bonds is 5. The third kappa shape index (κ3) is 5.86. The molecule has 6 rings (SSSR count). The van der Waals surface area contributed by atoms with Gasteiger partial charge in [-0.05, 0) is 85.4 Å². The molecule has 7 heteroatoms. The monoisotopic (exact) mass is 580 g/mol. The van der Waals surface area contributed by atoms with Gasteiger partial charge in [0.15, 0.2) is 0 Å². The van der Waals surface area contributed by atoms with E-state index < -0.39 is 0 Å². The van der Waals surface area contributed by atoms with E-state index in [4.69, 9.17) is 0 Å². The highest BCUT2D eigenvalue weighted by atomic mass is 16.2. The Balaban J connectivity index is 1.33. The molecule has 2 bridgehead atoms. The van der Waals surface area contributed by atoms with E-state index in [9.17, 15) is 14.4 Å². The summed E-state index contributed by atoms with van der Waals surface area (Å²) in [7, 11) is 0. The van der Waals surface area contributed by atoms with Crippen LogP contribution in [0.2, 0.25) is 0 Å². The Morgan fingerprint density at radius 2 is 1.70 bits per heavy atom. The number of anilines is 2. The van der Waals surface area contributed by atoms with Gasteiger partial charge in [0.2, 0.25) is 0 Å². The zero-order chi connectivity index (χ0) is 30.3. The lowest BCUT2D eigenvalue weighted by Gasteiger charge is -2.44. The molecular weight excluding hydrogens is 536 g/mol. The highest BCUT2D eigenvalue weighted by Gasteiger charge is 2.36. The van der Waals surface area contributed by atoms with Gasteiger partial charge in [-0.1, -0.05) is 45.9 Å². The first-order valence-electron chi connectivity index (χ1n) is 15.9. The zero-order valence-electron chi connectivity index (χ0n) is 25.9. The molecule has 0 spiro atoms. The number of carbonyl (C=O) groups is 2. The average molecular weight is 581 g/mol. The first-order chi connectivity index (χ1) is 20.6. The number of nitrogens with one attached hydrogen (secondary N) is 1. The van der Waals surface area contributed by atoms with Crippen LogP contribution in [0, 0.1) is 5.92 Å². The summed E-state index contributed by atoms with van der Waals surface area (Å²) in [6.45, 7) is 11.6. The van der Waals surface area contributed by atoms with Gasteiger partial charge in [0, 0.05) is 61.0 Å². The van der Waals surface area contributed by atoms with Gasteiger partial charge in [-0.15, -0.1) is 0 Å². The standard InChI is InChI=1S/C36H44N4O3/c1-5-29-9-6-7-18-39(29)35(43)26-14-17-32(30(20-26)37-34(42)25-12-15-28(16-13-25)36(2,3)4)38-21-24-19-27(23-38)31-10-8-11-33(41)40(31)22-24/h8,10-17,20,24,27,29H,5-7,9,18-19,21-23H2,1-4H3,(H,37,42)/t24-,27+,29-/m1/s1. The Kier molecular flexibility index (Phi) is 7.92. The molecular formula is C36H44N4O3. The smallest absolute Gasteiger partial charge is 0.255 e. The maximum absolute atomic E-state index is 13.8. The molecule has 7 nitrogen and oxygen atoms in total. The molecule has 1 N–H and O–H groups in total. The highest BCUT2D eigenvalue weighted by Crippen LogP contribution is 2.40. The van der Waals surface area contributed by atoms with Crippen LogP contribution < -0.4 is 15.8 Å². The highest BCUT2D eigenvalue weighted by molar-refractivity contribution is 6.07. The second-order valence-electron chi connectivity index (χ2n) is 13.7. The van der Waals surface area contributed by atoms with Crippen LogP contribution >= 0.6 is 0 Å². The second-order valence-corrected chi connectivity index (χ2v) is 13.7. The largest absolute Gasteiger partial charge is 0.369 e. The topological polar surface area (TPSA) is 74.7 Å². The minimum Gasteiger partial charge on any atom is -0.369 e. The summed E-state index contributed by atoms with van der Waals surface area (Å²) in [4.78, 5) is 44.4. The number of likely N-dealkylation sites (tertiary alicyclic amines) is 1. The second kappa shape index (κ2) is 11.7. The minimum atomic E-state index is -0.190. The minimum absolute atomic E-state index is 0.00223. The third-order valence-electron chi connectivity index (χ3n) is 9.68. The van der Waals surface area contributed by atoms with E-state index in [-0.39, 0.29) is 34.7 Å². The van der Waals surface area contributed by atoms with Crippen LogP contribution in [0.1, 0.15) is 97.7 Å². The zero-order valence-corrected chi connectivity index (χ0v) is 25.9. The van der Waals surface area contributed by atoms with Crippen molar-refractivity contribution in [3.8, 4) is 0 Å². The summed E-state index contributed by atoms with van der Waals surface area (Å²) in [5.74, 6) is 0.409. The predicted molar refractivity (Wildman–Crippen MR) is 172 cm³/mol. The van der Waals surface area contributed by atoms with E-state index in [1.807, 2.05) is 58.0 Å². The molecule has 0 unspecified atom stereocenters. The van der Waals surface area contributed by atoms with Crippen molar-refractivity contribution in [2.24, 2.45) is 5.92 Å². The normalized spacial score (nSPS) is 21.7. The van der Waals surface area contributed by atoms with Crippen LogP contribution in [0.3, 0.4) is 0 Å². The maximum atomic E-state index is 13.8. The van der Waals surface area contributed by atoms with Crippen molar-refractivity contribution in [3.05, 3.63) is 93.4 Å². The number of aromatic nitrogens is 1.